The summed E-state index contributed by atoms with van der Waals surface area (Å²) in [6, 6.07) is 22.2. The van der Waals surface area contributed by atoms with E-state index in [4.69, 9.17) is 9.15 Å². The molecule has 0 aliphatic rings. The van der Waals surface area contributed by atoms with Gasteiger partial charge in [0.05, 0.1) is 23.0 Å². The largest absolute Gasteiger partial charge is 0.456 e. The highest BCUT2D eigenvalue weighted by Crippen LogP contribution is 2.28. The zero-order valence-corrected chi connectivity index (χ0v) is 14.4. The number of esters is 1. The lowest BCUT2D eigenvalue weighted by molar-refractivity contribution is 0.0468. The number of ether oxygens (including phenoxy) is 1. The SMILES string of the molecule is O=C(OCc1ccccn1)c1ccccc1-c1ncc(-c2ccccc2)o1. The molecule has 0 saturated carbocycles. The molecule has 0 atom stereocenters. The minimum Gasteiger partial charge on any atom is -0.456 e. The Labute approximate surface area is 156 Å². The van der Waals surface area contributed by atoms with Gasteiger partial charge >= 0.3 is 5.97 Å². The fourth-order valence-corrected chi connectivity index (χ4v) is 2.68. The molecule has 2 aromatic heterocycles. The fourth-order valence-electron chi connectivity index (χ4n) is 2.68. The van der Waals surface area contributed by atoms with E-state index in [0.29, 0.717) is 28.5 Å². The molecule has 0 fully saturated rings. The van der Waals surface area contributed by atoms with Crippen LogP contribution in [-0.2, 0) is 11.3 Å². The maximum atomic E-state index is 12.6. The lowest BCUT2D eigenvalue weighted by atomic mass is 10.1. The third kappa shape index (κ3) is 3.77. The molecule has 0 unspecified atom stereocenters. The number of pyridine rings is 1. The first kappa shape index (κ1) is 16.7. The number of benzene rings is 2. The molecule has 5 nitrogen and oxygen atoms in total. The van der Waals surface area contributed by atoms with Crippen LogP contribution in [0.3, 0.4) is 0 Å². The zero-order chi connectivity index (χ0) is 18.5. The second-order valence-electron chi connectivity index (χ2n) is 5.84. The van der Waals surface area contributed by atoms with Crippen LogP contribution in [0.1, 0.15) is 16.1 Å². The first-order chi connectivity index (χ1) is 13.3. The minimum atomic E-state index is -0.448. The first-order valence-electron chi connectivity index (χ1n) is 8.49. The summed E-state index contributed by atoms with van der Waals surface area (Å²) >= 11 is 0. The average Bonchev–Trinajstić information content (AvgIpc) is 3.23. The topological polar surface area (TPSA) is 65.2 Å². The molecule has 0 aliphatic heterocycles. The van der Waals surface area contributed by atoms with Crippen molar-refractivity contribution < 1.29 is 13.9 Å². The minimum absolute atomic E-state index is 0.106. The third-order valence-corrected chi connectivity index (χ3v) is 4.02. The van der Waals surface area contributed by atoms with E-state index in [-0.39, 0.29) is 6.61 Å². The summed E-state index contributed by atoms with van der Waals surface area (Å²) in [5.74, 6) is 0.567. The van der Waals surface area contributed by atoms with Crippen LogP contribution in [0.2, 0.25) is 0 Å². The predicted octanol–water partition coefficient (Wildman–Crippen LogP) is 4.76. The molecule has 4 rings (SSSR count). The summed E-state index contributed by atoms with van der Waals surface area (Å²) in [6.45, 7) is 0.106. The van der Waals surface area contributed by atoms with Crippen molar-refractivity contribution in [1.82, 2.24) is 9.97 Å². The van der Waals surface area contributed by atoms with Gasteiger partial charge in [-0.3, -0.25) is 4.98 Å². The Morgan fingerprint density at radius 1 is 0.889 bits per heavy atom. The van der Waals surface area contributed by atoms with E-state index in [2.05, 4.69) is 9.97 Å². The number of carbonyl (C=O) groups is 1. The Morgan fingerprint density at radius 2 is 1.67 bits per heavy atom. The van der Waals surface area contributed by atoms with Crippen LogP contribution in [0.25, 0.3) is 22.8 Å². The Morgan fingerprint density at radius 3 is 2.48 bits per heavy atom. The fraction of sp³-hybridized carbons (Fsp3) is 0.0455. The van der Waals surface area contributed by atoms with Crippen molar-refractivity contribution in [3.05, 3.63) is 96.4 Å². The smallest absolute Gasteiger partial charge is 0.339 e. The molecule has 0 radical (unpaired) electrons. The van der Waals surface area contributed by atoms with Crippen molar-refractivity contribution in [2.45, 2.75) is 6.61 Å². The summed E-state index contributed by atoms with van der Waals surface area (Å²) in [7, 11) is 0. The second kappa shape index (κ2) is 7.66. The summed E-state index contributed by atoms with van der Waals surface area (Å²) in [4.78, 5) is 21.1. The van der Waals surface area contributed by atoms with Gasteiger partial charge < -0.3 is 9.15 Å². The lowest BCUT2D eigenvalue weighted by Crippen LogP contribution is -2.07. The van der Waals surface area contributed by atoms with Gasteiger partial charge in [-0.1, -0.05) is 48.5 Å². The van der Waals surface area contributed by atoms with Crippen LogP contribution in [0.4, 0.5) is 0 Å². The number of aromatic nitrogens is 2. The monoisotopic (exact) mass is 356 g/mol. The number of rotatable bonds is 5. The van der Waals surface area contributed by atoms with Gasteiger partial charge in [0, 0.05) is 11.8 Å². The van der Waals surface area contributed by atoms with E-state index < -0.39 is 5.97 Å². The van der Waals surface area contributed by atoms with Crippen LogP contribution >= 0.6 is 0 Å². The molecule has 2 heterocycles. The van der Waals surface area contributed by atoms with E-state index in [1.807, 2.05) is 48.5 Å². The molecule has 132 valence electrons. The van der Waals surface area contributed by atoms with Gasteiger partial charge in [0.2, 0.25) is 5.89 Å². The number of oxazole rings is 1. The molecule has 5 heteroatoms. The quantitative estimate of drug-likeness (QED) is 0.482. The lowest BCUT2D eigenvalue weighted by Gasteiger charge is -2.07. The van der Waals surface area contributed by atoms with Crippen molar-refractivity contribution in [2.75, 3.05) is 0 Å². The molecular weight excluding hydrogens is 340 g/mol. The van der Waals surface area contributed by atoms with E-state index in [0.717, 1.165) is 5.56 Å². The van der Waals surface area contributed by atoms with Crippen LogP contribution in [0, 0.1) is 0 Å². The molecule has 0 N–H and O–H groups in total. The number of carbonyl (C=O) groups excluding carboxylic acids is 1. The van der Waals surface area contributed by atoms with Crippen LogP contribution in [-0.4, -0.2) is 15.9 Å². The maximum Gasteiger partial charge on any atom is 0.339 e. The highest BCUT2D eigenvalue weighted by molar-refractivity contribution is 5.96. The average molecular weight is 356 g/mol. The normalized spacial score (nSPS) is 10.5. The summed E-state index contributed by atoms with van der Waals surface area (Å²) in [5, 5.41) is 0. The Hall–Kier alpha value is -3.73. The standard InChI is InChI=1S/C22H16N2O3/c25-22(26-15-17-10-6-7-13-23-17)19-12-5-4-11-18(19)21-24-14-20(27-21)16-8-2-1-3-9-16/h1-14H,15H2. The molecular formula is C22H16N2O3. The Kier molecular flexibility index (Phi) is 4.74. The van der Waals surface area contributed by atoms with Gasteiger partial charge in [0.1, 0.15) is 6.61 Å². The molecule has 0 amide bonds. The third-order valence-electron chi connectivity index (χ3n) is 4.02. The van der Waals surface area contributed by atoms with Crippen LogP contribution in [0.15, 0.2) is 89.6 Å². The van der Waals surface area contributed by atoms with Crippen molar-refractivity contribution in [1.29, 1.82) is 0 Å². The van der Waals surface area contributed by atoms with E-state index >= 15 is 0 Å². The molecule has 0 saturated heterocycles. The van der Waals surface area contributed by atoms with Gasteiger partial charge in [-0.15, -0.1) is 0 Å². The molecule has 0 spiro atoms. The van der Waals surface area contributed by atoms with Gasteiger partial charge in [-0.05, 0) is 24.3 Å². The van der Waals surface area contributed by atoms with E-state index in [1.54, 1.807) is 36.7 Å². The highest BCUT2D eigenvalue weighted by Gasteiger charge is 2.18. The van der Waals surface area contributed by atoms with Crippen LogP contribution in [0.5, 0.6) is 0 Å². The van der Waals surface area contributed by atoms with Gasteiger partial charge in [-0.25, -0.2) is 9.78 Å². The Bertz CT molecular complexity index is 1040. The Balaban J connectivity index is 1.58. The van der Waals surface area contributed by atoms with Crippen molar-refractivity contribution >= 4 is 5.97 Å². The molecule has 0 bridgehead atoms. The van der Waals surface area contributed by atoms with Gasteiger partial charge in [0.25, 0.3) is 0 Å². The summed E-state index contributed by atoms with van der Waals surface area (Å²) < 4.78 is 11.3. The highest BCUT2D eigenvalue weighted by atomic mass is 16.5. The number of hydrogen-bond acceptors (Lipinski definition) is 5. The second-order valence-corrected chi connectivity index (χ2v) is 5.84. The van der Waals surface area contributed by atoms with Crippen molar-refractivity contribution in [2.24, 2.45) is 0 Å². The number of nitrogens with zero attached hydrogens (tertiary/aromatic N) is 2. The molecule has 4 aromatic rings. The van der Waals surface area contributed by atoms with Gasteiger partial charge in [-0.2, -0.15) is 0 Å². The predicted molar refractivity (Wildman–Crippen MR) is 101 cm³/mol. The molecule has 27 heavy (non-hydrogen) atoms. The molecule has 0 aliphatic carbocycles. The summed E-state index contributed by atoms with van der Waals surface area (Å²) in [5.41, 5.74) is 2.60. The van der Waals surface area contributed by atoms with Crippen molar-refractivity contribution in [3.8, 4) is 22.8 Å². The number of hydrogen-bond donors (Lipinski definition) is 0. The van der Waals surface area contributed by atoms with Crippen molar-refractivity contribution in [3.63, 3.8) is 0 Å². The van der Waals surface area contributed by atoms with Gasteiger partial charge in [0.15, 0.2) is 5.76 Å². The van der Waals surface area contributed by atoms with Crippen LogP contribution < -0.4 is 0 Å². The van der Waals surface area contributed by atoms with E-state index in [1.165, 1.54) is 0 Å². The molecule has 2 aromatic carbocycles. The maximum absolute atomic E-state index is 12.6. The van der Waals surface area contributed by atoms with E-state index in [9.17, 15) is 4.79 Å². The summed E-state index contributed by atoms with van der Waals surface area (Å²) in [6.07, 6.45) is 3.32. The first-order valence-corrected chi connectivity index (χ1v) is 8.49. The zero-order valence-electron chi connectivity index (χ0n) is 14.4.